The van der Waals surface area contributed by atoms with Crippen molar-refractivity contribution < 1.29 is 14.8 Å². The second kappa shape index (κ2) is 6.41. The predicted octanol–water partition coefficient (Wildman–Crippen LogP) is 0.333. The molecule has 2 rings (SSSR count). The van der Waals surface area contributed by atoms with E-state index in [9.17, 15) is 0 Å². The highest BCUT2D eigenvalue weighted by molar-refractivity contribution is 6.58. The lowest BCUT2D eigenvalue weighted by molar-refractivity contribution is 0.232. The van der Waals surface area contributed by atoms with Crippen LogP contribution < -0.4 is 10.2 Å². The van der Waals surface area contributed by atoms with E-state index in [0.717, 1.165) is 37.2 Å². The molecule has 0 aliphatic carbocycles. The minimum Gasteiger partial charge on any atom is -0.492 e. The van der Waals surface area contributed by atoms with Crippen molar-refractivity contribution in [2.24, 2.45) is 11.8 Å². The van der Waals surface area contributed by atoms with Gasteiger partial charge < -0.3 is 14.8 Å². The lowest BCUT2D eigenvalue weighted by Gasteiger charge is -2.15. The molecule has 104 valence electrons. The van der Waals surface area contributed by atoms with Crippen LogP contribution in [0.2, 0.25) is 0 Å². The van der Waals surface area contributed by atoms with Gasteiger partial charge in [0.2, 0.25) is 0 Å². The number of rotatable bonds is 5. The summed E-state index contributed by atoms with van der Waals surface area (Å²) in [6.07, 6.45) is 0. The zero-order chi connectivity index (χ0) is 13.8. The molecule has 19 heavy (non-hydrogen) atoms. The van der Waals surface area contributed by atoms with Gasteiger partial charge in [0.15, 0.2) is 0 Å². The molecule has 1 aliphatic heterocycles. The van der Waals surface area contributed by atoms with Crippen LogP contribution in [-0.2, 0) is 0 Å². The van der Waals surface area contributed by atoms with Crippen LogP contribution >= 0.6 is 0 Å². The summed E-state index contributed by atoms with van der Waals surface area (Å²) in [5, 5.41) is 18.0. The molecule has 0 amide bonds. The number of benzene rings is 1. The van der Waals surface area contributed by atoms with E-state index in [2.05, 4.69) is 18.7 Å². The molecule has 5 heteroatoms. The molecule has 0 saturated carbocycles. The Hall–Kier alpha value is -1.04. The maximum Gasteiger partial charge on any atom is 0.488 e. The summed E-state index contributed by atoms with van der Waals surface area (Å²) < 4.78 is 5.67. The van der Waals surface area contributed by atoms with Crippen molar-refractivity contribution >= 4 is 12.6 Å². The van der Waals surface area contributed by atoms with Gasteiger partial charge in [-0.3, -0.25) is 4.90 Å². The van der Waals surface area contributed by atoms with Gasteiger partial charge in [0, 0.05) is 19.6 Å². The molecule has 0 bridgehead atoms. The number of ether oxygens (including phenoxy) is 1. The Balaban J connectivity index is 1.74. The Bertz CT molecular complexity index is 386. The Morgan fingerprint density at radius 1 is 1.16 bits per heavy atom. The number of nitrogens with zero attached hydrogens (tertiary/aromatic N) is 1. The Labute approximate surface area is 115 Å². The maximum absolute atomic E-state index is 8.99. The van der Waals surface area contributed by atoms with Crippen LogP contribution in [0.5, 0.6) is 5.75 Å². The van der Waals surface area contributed by atoms with Gasteiger partial charge in [0.25, 0.3) is 0 Å². The van der Waals surface area contributed by atoms with Crippen molar-refractivity contribution in [1.29, 1.82) is 0 Å². The van der Waals surface area contributed by atoms with Gasteiger partial charge in [0.1, 0.15) is 12.4 Å². The lowest BCUT2D eigenvalue weighted by atomic mass is 9.80. The summed E-state index contributed by atoms with van der Waals surface area (Å²) in [5.41, 5.74) is 0.481. The molecule has 0 aromatic heterocycles. The van der Waals surface area contributed by atoms with Crippen molar-refractivity contribution in [3.8, 4) is 5.75 Å². The van der Waals surface area contributed by atoms with Crippen LogP contribution in [0.1, 0.15) is 13.8 Å². The van der Waals surface area contributed by atoms with E-state index in [0.29, 0.717) is 12.1 Å². The summed E-state index contributed by atoms with van der Waals surface area (Å²) in [4.78, 5) is 2.43. The third-order valence-corrected chi connectivity index (χ3v) is 3.92. The first-order valence-corrected chi connectivity index (χ1v) is 6.87. The largest absolute Gasteiger partial charge is 0.492 e. The number of hydrogen-bond donors (Lipinski definition) is 2. The number of likely N-dealkylation sites (tertiary alicyclic amines) is 1. The van der Waals surface area contributed by atoms with Gasteiger partial charge in [-0.05, 0) is 29.4 Å². The molecule has 1 saturated heterocycles. The summed E-state index contributed by atoms with van der Waals surface area (Å²) in [7, 11) is -1.42. The third-order valence-electron chi connectivity index (χ3n) is 3.92. The van der Waals surface area contributed by atoms with Gasteiger partial charge in [0.05, 0.1) is 0 Å². The van der Waals surface area contributed by atoms with Crippen molar-refractivity contribution in [3.63, 3.8) is 0 Å². The molecule has 1 heterocycles. The minimum atomic E-state index is -1.42. The van der Waals surface area contributed by atoms with Crippen molar-refractivity contribution in [1.82, 2.24) is 4.90 Å². The van der Waals surface area contributed by atoms with E-state index >= 15 is 0 Å². The van der Waals surface area contributed by atoms with Crippen LogP contribution in [0.3, 0.4) is 0 Å². The standard InChI is InChI=1S/C14H22BNO3/c1-11-9-16(10-12(11)2)7-8-19-14-5-3-13(4-6-14)15(17)18/h3-6,11-12,17-18H,7-10H2,1-2H3. The summed E-state index contributed by atoms with van der Waals surface area (Å²) in [6.45, 7) is 8.51. The fourth-order valence-corrected chi connectivity index (χ4v) is 2.46. The van der Waals surface area contributed by atoms with Crippen LogP contribution in [0.25, 0.3) is 0 Å². The minimum absolute atomic E-state index is 0.481. The van der Waals surface area contributed by atoms with Crippen LogP contribution in [0.4, 0.5) is 0 Å². The zero-order valence-electron chi connectivity index (χ0n) is 11.6. The van der Waals surface area contributed by atoms with Crippen LogP contribution in [-0.4, -0.2) is 48.3 Å². The average molecular weight is 263 g/mol. The molecule has 4 nitrogen and oxygen atoms in total. The topological polar surface area (TPSA) is 52.9 Å². The highest BCUT2D eigenvalue weighted by Gasteiger charge is 2.25. The molecular formula is C14H22BNO3. The zero-order valence-corrected chi connectivity index (χ0v) is 11.6. The SMILES string of the molecule is CC1CN(CCOc2ccc(B(O)O)cc2)CC1C. The van der Waals surface area contributed by atoms with Gasteiger partial charge >= 0.3 is 7.12 Å². The summed E-state index contributed by atoms with van der Waals surface area (Å²) in [6, 6.07) is 6.87. The van der Waals surface area contributed by atoms with E-state index in [1.54, 1.807) is 24.3 Å². The van der Waals surface area contributed by atoms with E-state index < -0.39 is 7.12 Å². The molecule has 1 aliphatic rings. The second-order valence-electron chi connectivity index (χ2n) is 5.51. The van der Waals surface area contributed by atoms with E-state index in [-0.39, 0.29) is 0 Å². The molecule has 0 spiro atoms. The Morgan fingerprint density at radius 2 is 1.74 bits per heavy atom. The number of hydrogen-bond acceptors (Lipinski definition) is 4. The van der Waals surface area contributed by atoms with Crippen LogP contribution in [0, 0.1) is 11.8 Å². The van der Waals surface area contributed by atoms with E-state index in [1.807, 2.05) is 0 Å². The average Bonchev–Trinajstić information content (AvgIpc) is 2.69. The quantitative estimate of drug-likeness (QED) is 0.752. The Morgan fingerprint density at radius 3 is 2.26 bits per heavy atom. The monoisotopic (exact) mass is 263 g/mol. The molecule has 1 aromatic rings. The molecule has 1 fully saturated rings. The normalized spacial score (nSPS) is 23.6. The fraction of sp³-hybridized carbons (Fsp3) is 0.571. The molecule has 2 unspecified atom stereocenters. The van der Waals surface area contributed by atoms with Crippen molar-refractivity contribution in [2.75, 3.05) is 26.2 Å². The molecule has 2 N–H and O–H groups in total. The third kappa shape index (κ3) is 3.96. The van der Waals surface area contributed by atoms with Gasteiger partial charge in [-0.2, -0.15) is 0 Å². The van der Waals surface area contributed by atoms with Gasteiger partial charge in [-0.1, -0.05) is 26.0 Å². The highest BCUT2D eigenvalue weighted by Crippen LogP contribution is 2.21. The van der Waals surface area contributed by atoms with Crippen LogP contribution in [0.15, 0.2) is 24.3 Å². The second-order valence-corrected chi connectivity index (χ2v) is 5.51. The first-order chi connectivity index (χ1) is 9.06. The Kier molecular flexibility index (Phi) is 4.85. The lowest BCUT2D eigenvalue weighted by Crippen LogP contribution is -2.29. The van der Waals surface area contributed by atoms with E-state index in [1.165, 1.54) is 0 Å². The van der Waals surface area contributed by atoms with Gasteiger partial charge in [-0.25, -0.2) is 0 Å². The fourth-order valence-electron chi connectivity index (χ4n) is 2.46. The molecule has 2 atom stereocenters. The van der Waals surface area contributed by atoms with E-state index in [4.69, 9.17) is 14.8 Å². The molecule has 1 aromatic carbocycles. The maximum atomic E-state index is 8.99. The summed E-state index contributed by atoms with van der Waals surface area (Å²) in [5.74, 6) is 2.31. The van der Waals surface area contributed by atoms with Gasteiger partial charge in [-0.15, -0.1) is 0 Å². The summed E-state index contributed by atoms with van der Waals surface area (Å²) >= 11 is 0. The predicted molar refractivity (Wildman–Crippen MR) is 76.5 cm³/mol. The smallest absolute Gasteiger partial charge is 0.488 e. The van der Waals surface area contributed by atoms with Crippen molar-refractivity contribution in [3.05, 3.63) is 24.3 Å². The molecular weight excluding hydrogens is 241 g/mol. The first kappa shape index (κ1) is 14.4. The van der Waals surface area contributed by atoms with Crippen molar-refractivity contribution in [2.45, 2.75) is 13.8 Å². The first-order valence-electron chi connectivity index (χ1n) is 6.87. The highest BCUT2D eigenvalue weighted by atomic mass is 16.5. The molecule has 0 radical (unpaired) electrons.